The number of hydrogen-bond acceptors (Lipinski definition) is 6. The summed E-state index contributed by atoms with van der Waals surface area (Å²) in [6.07, 6.45) is -4.75. The summed E-state index contributed by atoms with van der Waals surface area (Å²) in [4.78, 5) is 16.8. The first-order valence-electron chi connectivity index (χ1n) is 7.41. The van der Waals surface area contributed by atoms with E-state index in [-0.39, 0.29) is 22.2 Å². The average Bonchev–Trinajstić information content (AvgIpc) is 2.96. The van der Waals surface area contributed by atoms with Gasteiger partial charge in [-0.05, 0) is 48.5 Å². The number of thiazole rings is 1. The summed E-state index contributed by atoms with van der Waals surface area (Å²) >= 11 is 6.84. The summed E-state index contributed by atoms with van der Waals surface area (Å²) in [6.45, 7) is 0. The number of alkyl halides is 3. The van der Waals surface area contributed by atoms with Crippen LogP contribution in [0.1, 0.15) is 15.2 Å². The van der Waals surface area contributed by atoms with Gasteiger partial charge in [0.15, 0.2) is 5.13 Å². The van der Waals surface area contributed by atoms with Crippen molar-refractivity contribution in [2.45, 2.75) is 6.36 Å². The molecular weight excluding hydrogens is 403 g/mol. The van der Waals surface area contributed by atoms with Crippen LogP contribution in [0.25, 0.3) is 0 Å². The standard InChI is InChI=1S/C17H11ClF3N3O2S/c18-10-3-1-9(2-4-10)13(25)14-15(22)24-16(27-14)23-11-5-7-12(8-6-11)26-17(19,20)21/h1-8H,22H2,(H,23,24). The van der Waals surface area contributed by atoms with Crippen molar-refractivity contribution in [3.05, 3.63) is 64.0 Å². The van der Waals surface area contributed by atoms with Crippen molar-refractivity contribution >= 4 is 45.4 Å². The fourth-order valence-corrected chi connectivity index (χ4v) is 3.14. The molecule has 0 aliphatic carbocycles. The Hall–Kier alpha value is -2.78. The Balaban J connectivity index is 1.74. The third kappa shape index (κ3) is 4.89. The van der Waals surface area contributed by atoms with Crippen molar-refractivity contribution < 1.29 is 22.7 Å². The van der Waals surface area contributed by atoms with E-state index in [1.807, 2.05) is 0 Å². The lowest BCUT2D eigenvalue weighted by molar-refractivity contribution is -0.274. The molecular formula is C17H11ClF3N3O2S. The number of nitrogen functional groups attached to an aromatic ring is 1. The minimum Gasteiger partial charge on any atom is -0.406 e. The third-order valence-corrected chi connectivity index (χ3v) is 4.54. The number of nitrogens with zero attached hydrogens (tertiary/aromatic N) is 1. The average molecular weight is 414 g/mol. The van der Waals surface area contributed by atoms with E-state index in [1.54, 1.807) is 24.3 Å². The maximum atomic E-state index is 12.5. The lowest BCUT2D eigenvalue weighted by Gasteiger charge is -2.09. The maximum Gasteiger partial charge on any atom is 0.573 e. The molecule has 0 aliphatic heterocycles. The van der Waals surface area contributed by atoms with Gasteiger partial charge in [-0.2, -0.15) is 0 Å². The van der Waals surface area contributed by atoms with Gasteiger partial charge in [-0.25, -0.2) is 4.98 Å². The van der Waals surface area contributed by atoms with E-state index in [0.29, 0.717) is 21.4 Å². The molecule has 3 aromatic rings. The molecule has 5 nitrogen and oxygen atoms in total. The summed E-state index contributed by atoms with van der Waals surface area (Å²) < 4.78 is 40.3. The Morgan fingerprint density at radius 2 is 1.74 bits per heavy atom. The molecule has 1 aromatic heterocycles. The minimum absolute atomic E-state index is 0.0551. The number of aromatic nitrogens is 1. The first kappa shape index (κ1) is 19.0. The predicted octanol–water partition coefficient (Wildman–Crippen LogP) is 5.25. The Kier molecular flexibility index (Phi) is 5.24. The Labute approximate surface area is 160 Å². The van der Waals surface area contributed by atoms with E-state index in [1.165, 1.54) is 12.1 Å². The lowest BCUT2D eigenvalue weighted by atomic mass is 10.1. The number of ketones is 1. The Morgan fingerprint density at radius 3 is 2.33 bits per heavy atom. The van der Waals surface area contributed by atoms with E-state index in [4.69, 9.17) is 17.3 Å². The zero-order valence-electron chi connectivity index (χ0n) is 13.4. The van der Waals surface area contributed by atoms with Crippen LogP contribution >= 0.6 is 22.9 Å². The fraction of sp³-hybridized carbons (Fsp3) is 0.0588. The van der Waals surface area contributed by atoms with Crippen molar-refractivity contribution in [2.75, 3.05) is 11.1 Å². The van der Waals surface area contributed by atoms with Gasteiger partial charge in [0.05, 0.1) is 0 Å². The first-order valence-corrected chi connectivity index (χ1v) is 8.60. The van der Waals surface area contributed by atoms with Crippen LogP contribution in [0.3, 0.4) is 0 Å². The molecule has 1 heterocycles. The molecule has 0 bridgehead atoms. The van der Waals surface area contributed by atoms with Gasteiger partial charge in [-0.1, -0.05) is 22.9 Å². The smallest absolute Gasteiger partial charge is 0.406 e. The Bertz CT molecular complexity index is 957. The number of anilines is 3. The van der Waals surface area contributed by atoms with Gasteiger partial charge < -0.3 is 15.8 Å². The summed E-state index contributed by atoms with van der Waals surface area (Å²) in [5.74, 6) is -0.589. The van der Waals surface area contributed by atoms with Crippen molar-refractivity contribution in [1.29, 1.82) is 0 Å². The molecule has 0 radical (unpaired) electrons. The van der Waals surface area contributed by atoms with Crippen LogP contribution in [-0.2, 0) is 0 Å². The molecule has 0 amide bonds. The van der Waals surface area contributed by atoms with Crippen molar-refractivity contribution in [3.8, 4) is 5.75 Å². The number of ether oxygens (including phenoxy) is 1. The number of carbonyl (C=O) groups excluding carboxylic acids is 1. The number of carbonyl (C=O) groups is 1. The van der Waals surface area contributed by atoms with E-state index in [0.717, 1.165) is 23.5 Å². The van der Waals surface area contributed by atoms with E-state index < -0.39 is 6.36 Å². The van der Waals surface area contributed by atoms with Gasteiger partial charge in [0.25, 0.3) is 0 Å². The second kappa shape index (κ2) is 7.45. The van der Waals surface area contributed by atoms with Crippen LogP contribution in [0.4, 0.5) is 29.8 Å². The summed E-state index contributed by atoms with van der Waals surface area (Å²) in [6, 6.07) is 11.4. The fourth-order valence-electron chi connectivity index (χ4n) is 2.14. The quantitative estimate of drug-likeness (QED) is 0.558. The van der Waals surface area contributed by atoms with E-state index in [2.05, 4.69) is 15.0 Å². The van der Waals surface area contributed by atoms with Crippen LogP contribution in [-0.4, -0.2) is 17.1 Å². The first-order chi connectivity index (χ1) is 12.7. The molecule has 3 rings (SSSR count). The number of nitrogens with one attached hydrogen (secondary N) is 1. The SMILES string of the molecule is Nc1nc(Nc2ccc(OC(F)(F)F)cc2)sc1C(=O)c1ccc(Cl)cc1. The third-order valence-electron chi connectivity index (χ3n) is 3.31. The molecule has 0 unspecified atom stereocenters. The van der Waals surface area contributed by atoms with Crippen LogP contribution in [0, 0.1) is 0 Å². The highest BCUT2D eigenvalue weighted by Crippen LogP contribution is 2.31. The monoisotopic (exact) mass is 413 g/mol. The van der Waals surface area contributed by atoms with Crippen LogP contribution in [0.15, 0.2) is 48.5 Å². The number of nitrogens with two attached hydrogens (primary N) is 1. The maximum absolute atomic E-state index is 12.5. The van der Waals surface area contributed by atoms with Crippen LogP contribution in [0.2, 0.25) is 5.02 Å². The number of halogens is 4. The number of hydrogen-bond donors (Lipinski definition) is 2. The zero-order valence-corrected chi connectivity index (χ0v) is 15.0. The van der Waals surface area contributed by atoms with Gasteiger partial charge in [0, 0.05) is 16.3 Å². The largest absolute Gasteiger partial charge is 0.573 e. The van der Waals surface area contributed by atoms with Gasteiger partial charge >= 0.3 is 6.36 Å². The Morgan fingerprint density at radius 1 is 1.11 bits per heavy atom. The highest BCUT2D eigenvalue weighted by Gasteiger charge is 2.31. The van der Waals surface area contributed by atoms with Crippen molar-refractivity contribution in [3.63, 3.8) is 0 Å². The number of rotatable bonds is 5. The molecule has 0 fully saturated rings. The molecule has 140 valence electrons. The molecule has 0 atom stereocenters. The normalized spacial score (nSPS) is 11.3. The van der Waals surface area contributed by atoms with Crippen molar-refractivity contribution in [1.82, 2.24) is 4.98 Å². The summed E-state index contributed by atoms with van der Waals surface area (Å²) in [5.41, 5.74) is 6.70. The molecule has 3 N–H and O–H groups in total. The topological polar surface area (TPSA) is 77.2 Å². The molecule has 0 saturated carbocycles. The van der Waals surface area contributed by atoms with Crippen molar-refractivity contribution in [2.24, 2.45) is 0 Å². The van der Waals surface area contributed by atoms with E-state index in [9.17, 15) is 18.0 Å². The molecule has 27 heavy (non-hydrogen) atoms. The van der Waals surface area contributed by atoms with Gasteiger partial charge in [0.1, 0.15) is 16.4 Å². The summed E-state index contributed by atoms with van der Waals surface area (Å²) in [7, 11) is 0. The van der Waals surface area contributed by atoms with Gasteiger partial charge in [-0.15, -0.1) is 13.2 Å². The molecule has 2 aromatic carbocycles. The molecule has 10 heteroatoms. The van der Waals surface area contributed by atoms with Crippen LogP contribution in [0.5, 0.6) is 5.75 Å². The highest BCUT2D eigenvalue weighted by molar-refractivity contribution is 7.18. The second-order valence-electron chi connectivity index (χ2n) is 5.27. The summed E-state index contributed by atoms with van der Waals surface area (Å²) in [5, 5.41) is 3.72. The number of benzene rings is 2. The zero-order chi connectivity index (χ0) is 19.6. The molecule has 0 aliphatic rings. The molecule has 0 saturated heterocycles. The van der Waals surface area contributed by atoms with Gasteiger partial charge in [0.2, 0.25) is 5.78 Å². The lowest BCUT2D eigenvalue weighted by Crippen LogP contribution is -2.16. The highest BCUT2D eigenvalue weighted by atomic mass is 35.5. The van der Waals surface area contributed by atoms with E-state index >= 15 is 0 Å². The predicted molar refractivity (Wildman–Crippen MR) is 97.8 cm³/mol. The molecule has 0 spiro atoms. The second-order valence-corrected chi connectivity index (χ2v) is 6.70. The van der Waals surface area contributed by atoms with Gasteiger partial charge in [-0.3, -0.25) is 4.79 Å². The van der Waals surface area contributed by atoms with Crippen LogP contribution < -0.4 is 15.8 Å². The minimum atomic E-state index is -4.75.